The Balaban J connectivity index is 3.33. The molecule has 0 aromatic carbocycles. The molecule has 0 rings (SSSR count). The monoisotopic (exact) mass is 154 g/mol. The summed E-state index contributed by atoms with van der Waals surface area (Å²) in [5, 5.41) is 0. The van der Waals surface area contributed by atoms with E-state index in [2.05, 4.69) is 26.8 Å². The van der Waals surface area contributed by atoms with E-state index in [1.54, 1.807) is 0 Å². The fourth-order valence-electron chi connectivity index (χ4n) is 0.882. The van der Waals surface area contributed by atoms with Crippen molar-refractivity contribution < 1.29 is 4.65 Å². The minimum absolute atomic E-state index is 0.420. The van der Waals surface area contributed by atoms with Crippen molar-refractivity contribution in [3.8, 4) is 0 Å². The standard InChI is InChI=1S/C9H19BO/c1-4-7-8-9-11-10(5-2)6-3/h8-9H,4-7H2,1-3H3. The van der Waals surface area contributed by atoms with Gasteiger partial charge < -0.3 is 4.65 Å². The summed E-state index contributed by atoms with van der Waals surface area (Å²) in [6, 6.07) is 0. The molecule has 0 unspecified atom stereocenters. The number of unbranched alkanes of at least 4 members (excludes halogenated alkanes) is 1. The zero-order chi connectivity index (χ0) is 8.53. The first-order valence-corrected chi connectivity index (χ1v) is 4.65. The average Bonchev–Trinajstić information content (AvgIpc) is 2.05. The second kappa shape index (κ2) is 7.71. The third-order valence-corrected chi connectivity index (χ3v) is 1.73. The average molecular weight is 154 g/mol. The van der Waals surface area contributed by atoms with Crippen LogP contribution in [0.3, 0.4) is 0 Å². The maximum absolute atomic E-state index is 5.46. The van der Waals surface area contributed by atoms with E-state index in [-0.39, 0.29) is 0 Å². The van der Waals surface area contributed by atoms with Gasteiger partial charge in [0.15, 0.2) is 0 Å². The highest BCUT2D eigenvalue weighted by Crippen LogP contribution is 2.00. The zero-order valence-electron chi connectivity index (χ0n) is 7.97. The fourth-order valence-corrected chi connectivity index (χ4v) is 0.882. The zero-order valence-corrected chi connectivity index (χ0v) is 7.97. The molecule has 0 saturated carbocycles. The van der Waals surface area contributed by atoms with Gasteiger partial charge >= 0.3 is 6.92 Å². The van der Waals surface area contributed by atoms with Crippen LogP contribution in [0.2, 0.25) is 12.6 Å². The van der Waals surface area contributed by atoms with Gasteiger partial charge in [0.05, 0.1) is 6.26 Å². The van der Waals surface area contributed by atoms with E-state index in [1.807, 2.05) is 6.26 Å². The van der Waals surface area contributed by atoms with Gasteiger partial charge in [-0.15, -0.1) is 0 Å². The van der Waals surface area contributed by atoms with Crippen LogP contribution in [0.4, 0.5) is 0 Å². The van der Waals surface area contributed by atoms with Crippen LogP contribution in [0.5, 0.6) is 0 Å². The van der Waals surface area contributed by atoms with Crippen LogP contribution in [-0.2, 0) is 4.65 Å². The molecule has 2 heteroatoms. The third-order valence-electron chi connectivity index (χ3n) is 1.73. The first kappa shape index (κ1) is 10.6. The van der Waals surface area contributed by atoms with Crippen molar-refractivity contribution in [2.24, 2.45) is 0 Å². The molecule has 0 fully saturated rings. The highest BCUT2D eigenvalue weighted by atomic mass is 16.4. The minimum Gasteiger partial charge on any atom is -0.566 e. The summed E-state index contributed by atoms with van der Waals surface area (Å²) in [6.07, 6.45) is 8.47. The topological polar surface area (TPSA) is 9.23 Å². The molecule has 0 N–H and O–H groups in total. The summed E-state index contributed by atoms with van der Waals surface area (Å²) in [5.74, 6) is 0. The smallest absolute Gasteiger partial charge is 0.356 e. The van der Waals surface area contributed by atoms with Crippen molar-refractivity contribution in [2.75, 3.05) is 0 Å². The summed E-state index contributed by atoms with van der Waals surface area (Å²) in [4.78, 5) is 0. The van der Waals surface area contributed by atoms with Crippen LogP contribution < -0.4 is 0 Å². The summed E-state index contributed by atoms with van der Waals surface area (Å²) in [5.41, 5.74) is 0. The molecule has 0 aromatic heterocycles. The number of rotatable bonds is 6. The van der Waals surface area contributed by atoms with Gasteiger partial charge in [-0.3, -0.25) is 0 Å². The Hall–Kier alpha value is -0.395. The Bertz CT molecular complexity index is 97.7. The largest absolute Gasteiger partial charge is 0.566 e. The van der Waals surface area contributed by atoms with E-state index < -0.39 is 0 Å². The lowest BCUT2D eigenvalue weighted by Gasteiger charge is -2.06. The van der Waals surface area contributed by atoms with E-state index in [0.717, 1.165) is 19.1 Å². The van der Waals surface area contributed by atoms with Crippen molar-refractivity contribution in [1.82, 2.24) is 0 Å². The van der Waals surface area contributed by atoms with Crippen molar-refractivity contribution in [3.05, 3.63) is 12.3 Å². The van der Waals surface area contributed by atoms with Crippen molar-refractivity contribution in [1.29, 1.82) is 0 Å². The van der Waals surface area contributed by atoms with Crippen LogP contribution in [-0.4, -0.2) is 6.92 Å². The van der Waals surface area contributed by atoms with Crippen molar-refractivity contribution in [3.63, 3.8) is 0 Å². The molecule has 0 spiro atoms. The van der Waals surface area contributed by atoms with Gasteiger partial charge in [0.2, 0.25) is 0 Å². The van der Waals surface area contributed by atoms with E-state index in [4.69, 9.17) is 4.65 Å². The van der Waals surface area contributed by atoms with Crippen LogP contribution in [0.1, 0.15) is 33.6 Å². The van der Waals surface area contributed by atoms with Gasteiger partial charge in [0.25, 0.3) is 0 Å². The molecule has 0 aliphatic rings. The van der Waals surface area contributed by atoms with Crippen molar-refractivity contribution in [2.45, 2.75) is 46.3 Å². The summed E-state index contributed by atoms with van der Waals surface area (Å²) < 4.78 is 5.46. The quantitative estimate of drug-likeness (QED) is 0.421. The number of allylic oxidation sites excluding steroid dienone is 1. The SMILES string of the molecule is CCCC=COB(CC)CC. The van der Waals surface area contributed by atoms with Gasteiger partial charge in [0, 0.05) is 0 Å². The van der Waals surface area contributed by atoms with Gasteiger partial charge in [0.1, 0.15) is 0 Å². The summed E-state index contributed by atoms with van der Waals surface area (Å²) in [6.45, 7) is 6.90. The molecule has 0 atom stereocenters. The Labute approximate surface area is 70.9 Å². The predicted octanol–water partition coefficient (Wildman–Crippen LogP) is 3.35. The molecule has 0 aliphatic carbocycles. The normalized spacial score (nSPS) is 10.5. The second-order valence-corrected chi connectivity index (χ2v) is 2.74. The third kappa shape index (κ3) is 6.02. The Kier molecular flexibility index (Phi) is 7.43. The highest BCUT2D eigenvalue weighted by Gasteiger charge is 2.07. The molecule has 0 heterocycles. The number of hydrogen-bond acceptors (Lipinski definition) is 1. The molecule has 64 valence electrons. The van der Waals surface area contributed by atoms with E-state index >= 15 is 0 Å². The molecule has 0 saturated heterocycles. The maximum atomic E-state index is 5.46. The fraction of sp³-hybridized carbons (Fsp3) is 0.778. The molecular formula is C9H19BO. The molecule has 0 aliphatic heterocycles. The van der Waals surface area contributed by atoms with Gasteiger partial charge in [-0.25, -0.2) is 0 Å². The lowest BCUT2D eigenvalue weighted by Crippen LogP contribution is -2.10. The van der Waals surface area contributed by atoms with Crippen LogP contribution in [0.15, 0.2) is 12.3 Å². The van der Waals surface area contributed by atoms with Crippen molar-refractivity contribution >= 4 is 6.92 Å². The van der Waals surface area contributed by atoms with Crippen LogP contribution >= 0.6 is 0 Å². The first-order valence-electron chi connectivity index (χ1n) is 4.65. The number of hydrogen-bond donors (Lipinski definition) is 0. The second-order valence-electron chi connectivity index (χ2n) is 2.74. The lowest BCUT2D eigenvalue weighted by atomic mass is 9.63. The molecular weight excluding hydrogens is 135 g/mol. The van der Waals surface area contributed by atoms with Crippen LogP contribution in [0.25, 0.3) is 0 Å². The van der Waals surface area contributed by atoms with Gasteiger partial charge in [-0.05, 0) is 19.1 Å². The molecule has 0 aromatic rings. The minimum atomic E-state index is 0.420. The van der Waals surface area contributed by atoms with Gasteiger partial charge in [-0.2, -0.15) is 0 Å². The van der Waals surface area contributed by atoms with E-state index in [9.17, 15) is 0 Å². The molecule has 11 heavy (non-hydrogen) atoms. The molecule has 1 nitrogen and oxygen atoms in total. The Morgan fingerprint density at radius 2 is 1.82 bits per heavy atom. The van der Waals surface area contributed by atoms with Gasteiger partial charge in [-0.1, -0.05) is 33.3 Å². The summed E-state index contributed by atoms with van der Waals surface area (Å²) >= 11 is 0. The summed E-state index contributed by atoms with van der Waals surface area (Å²) in [7, 11) is 0. The Morgan fingerprint density at radius 3 is 2.27 bits per heavy atom. The first-order chi connectivity index (χ1) is 5.35. The predicted molar refractivity (Wildman–Crippen MR) is 51.8 cm³/mol. The van der Waals surface area contributed by atoms with E-state index in [0.29, 0.717) is 6.92 Å². The van der Waals surface area contributed by atoms with Crippen LogP contribution in [0, 0.1) is 0 Å². The molecule has 0 bridgehead atoms. The molecule has 0 amide bonds. The lowest BCUT2D eigenvalue weighted by molar-refractivity contribution is 0.486. The highest BCUT2D eigenvalue weighted by molar-refractivity contribution is 6.51. The molecule has 0 radical (unpaired) electrons. The Morgan fingerprint density at radius 1 is 1.18 bits per heavy atom. The van der Waals surface area contributed by atoms with E-state index in [1.165, 1.54) is 6.42 Å². The maximum Gasteiger partial charge on any atom is 0.356 e.